The summed E-state index contributed by atoms with van der Waals surface area (Å²) in [6, 6.07) is 0. The van der Waals surface area contributed by atoms with Gasteiger partial charge in [-0.2, -0.15) is 0 Å². The molecule has 1 rings (SSSR count). The lowest BCUT2D eigenvalue weighted by atomic mass is 9.95. The lowest BCUT2D eigenvalue weighted by molar-refractivity contribution is 0.431. The van der Waals surface area contributed by atoms with Crippen LogP contribution in [-0.4, -0.2) is 0 Å². The molecular weight excluding hydrogens is 96.1 g/mol. The third-order valence-corrected chi connectivity index (χ3v) is 2.20. The summed E-state index contributed by atoms with van der Waals surface area (Å²) >= 11 is 0. The highest BCUT2D eigenvalue weighted by Gasteiger charge is 2.17. The highest BCUT2D eigenvalue weighted by atomic mass is 14.2. The Kier molecular flexibility index (Phi) is 1.93. The van der Waals surface area contributed by atoms with Gasteiger partial charge in [-0.15, -0.1) is 0 Å². The summed E-state index contributed by atoms with van der Waals surface area (Å²) in [4.78, 5) is 0. The van der Waals surface area contributed by atoms with Gasteiger partial charge in [-0.1, -0.05) is 39.5 Å². The van der Waals surface area contributed by atoms with E-state index in [1.807, 2.05) is 0 Å². The molecule has 0 saturated heterocycles. The van der Waals surface area contributed by atoms with Gasteiger partial charge in [-0.05, 0) is 11.8 Å². The lowest BCUT2D eigenvalue weighted by Crippen LogP contribution is -2.01. The zero-order chi connectivity index (χ0) is 5.98. The van der Waals surface area contributed by atoms with E-state index < -0.39 is 0 Å². The monoisotopic (exact) mass is 111 g/mol. The molecule has 8 heavy (non-hydrogen) atoms. The van der Waals surface area contributed by atoms with Gasteiger partial charge < -0.3 is 0 Å². The van der Waals surface area contributed by atoms with Crippen molar-refractivity contribution in [3.05, 3.63) is 6.92 Å². The predicted molar refractivity (Wildman–Crippen MR) is 36.5 cm³/mol. The van der Waals surface area contributed by atoms with Crippen molar-refractivity contribution in [3.63, 3.8) is 0 Å². The van der Waals surface area contributed by atoms with Crippen LogP contribution in [0.2, 0.25) is 0 Å². The minimum Gasteiger partial charge on any atom is -0.0622 e. The fraction of sp³-hybridized carbons (Fsp3) is 0.875. The first-order valence-electron chi connectivity index (χ1n) is 3.64. The van der Waals surface area contributed by atoms with Gasteiger partial charge in [0.2, 0.25) is 0 Å². The predicted octanol–water partition coefficient (Wildman–Crippen LogP) is 2.65. The first-order chi connectivity index (χ1) is 3.80. The maximum atomic E-state index is 4.02. The molecular formula is C8H15. The lowest BCUT2D eigenvalue weighted by Gasteiger charge is -2.11. The van der Waals surface area contributed by atoms with Crippen molar-refractivity contribution in [1.29, 1.82) is 0 Å². The van der Waals surface area contributed by atoms with Crippen molar-refractivity contribution < 1.29 is 0 Å². The van der Waals surface area contributed by atoms with Crippen molar-refractivity contribution in [2.75, 3.05) is 0 Å². The van der Waals surface area contributed by atoms with E-state index in [9.17, 15) is 0 Å². The first-order valence-corrected chi connectivity index (χ1v) is 3.64. The molecule has 0 N–H and O–H groups in total. The third-order valence-electron chi connectivity index (χ3n) is 2.20. The molecule has 1 saturated carbocycles. The second kappa shape index (κ2) is 2.52. The van der Waals surface area contributed by atoms with Gasteiger partial charge in [0.15, 0.2) is 0 Å². The highest BCUT2D eigenvalue weighted by Crippen LogP contribution is 2.30. The van der Waals surface area contributed by atoms with Crippen LogP contribution in [0.3, 0.4) is 0 Å². The average Bonchev–Trinajstić information content (AvgIpc) is 2.12. The van der Waals surface area contributed by atoms with Crippen LogP contribution in [0.25, 0.3) is 0 Å². The molecule has 1 aliphatic rings. The smallest absolute Gasteiger partial charge is 0.0388 e. The van der Waals surface area contributed by atoms with Crippen LogP contribution in [0.4, 0.5) is 0 Å². The zero-order valence-corrected chi connectivity index (χ0v) is 5.69. The molecule has 0 spiro atoms. The first kappa shape index (κ1) is 6.12. The maximum Gasteiger partial charge on any atom is -0.0388 e. The van der Waals surface area contributed by atoms with Gasteiger partial charge in [0.05, 0.1) is 0 Å². The normalized spacial score (nSPS) is 22.9. The SMILES string of the molecule is [CH2]C(C)C1CCCC1. The Labute approximate surface area is 52.3 Å². The summed E-state index contributed by atoms with van der Waals surface area (Å²) in [6.07, 6.45) is 5.77. The quantitative estimate of drug-likeness (QED) is 0.488. The molecule has 0 aliphatic heterocycles. The van der Waals surface area contributed by atoms with Crippen LogP contribution < -0.4 is 0 Å². The second-order valence-electron chi connectivity index (χ2n) is 3.02. The van der Waals surface area contributed by atoms with E-state index in [1.165, 1.54) is 25.7 Å². The Hall–Kier alpha value is 0. The molecule has 0 amide bonds. The Morgan fingerprint density at radius 2 is 1.88 bits per heavy atom. The van der Waals surface area contributed by atoms with Crippen LogP contribution in [0.5, 0.6) is 0 Å². The van der Waals surface area contributed by atoms with Crippen molar-refractivity contribution in [2.45, 2.75) is 32.6 Å². The van der Waals surface area contributed by atoms with E-state index in [4.69, 9.17) is 0 Å². The minimum absolute atomic E-state index is 0.692. The van der Waals surface area contributed by atoms with Crippen LogP contribution in [0.1, 0.15) is 32.6 Å². The summed E-state index contributed by atoms with van der Waals surface area (Å²) in [5.41, 5.74) is 0. The summed E-state index contributed by atoms with van der Waals surface area (Å²) in [5, 5.41) is 0. The van der Waals surface area contributed by atoms with Crippen LogP contribution in [0, 0.1) is 18.8 Å². The summed E-state index contributed by atoms with van der Waals surface area (Å²) in [6.45, 7) is 6.25. The fourth-order valence-corrected chi connectivity index (χ4v) is 1.53. The van der Waals surface area contributed by atoms with Gasteiger partial charge in [-0.25, -0.2) is 0 Å². The van der Waals surface area contributed by atoms with Crippen molar-refractivity contribution >= 4 is 0 Å². The van der Waals surface area contributed by atoms with E-state index >= 15 is 0 Å². The third kappa shape index (κ3) is 1.24. The van der Waals surface area contributed by atoms with Crippen LogP contribution >= 0.6 is 0 Å². The summed E-state index contributed by atoms with van der Waals surface area (Å²) < 4.78 is 0. The van der Waals surface area contributed by atoms with E-state index in [-0.39, 0.29) is 0 Å². The van der Waals surface area contributed by atoms with Gasteiger partial charge in [0, 0.05) is 0 Å². The van der Waals surface area contributed by atoms with Gasteiger partial charge in [0.1, 0.15) is 0 Å². The summed E-state index contributed by atoms with van der Waals surface area (Å²) in [7, 11) is 0. The fourth-order valence-electron chi connectivity index (χ4n) is 1.53. The highest BCUT2D eigenvalue weighted by molar-refractivity contribution is 4.73. The van der Waals surface area contributed by atoms with Crippen molar-refractivity contribution in [3.8, 4) is 0 Å². The Morgan fingerprint density at radius 1 is 1.38 bits per heavy atom. The molecule has 0 aromatic carbocycles. The molecule has 0 bridgehead atoms. The van der Waals surface area contributed by atoms with E-state index in [0.29, 0.717) is 5.92 Å². The van der Waals surface area contributed by atoms with E-state index in [1.54, 1.807) is 0 Å². The average molecular weight is 111 g/mol. The number of hydrogen-bond donors (Lipinski definition) is 0. The maximum absolute atomic E-state index is 4.02. The van der Waals surface area contributed by atoms with Gasteiger partial charge >= 0.3 is 0 Å². The summed E-state index contributed by atoms with van der Waals surface area (Å²) in [5.74, 6) is 1.65. The van der Waals surface area contributed by atoms with E-state index in [0.717, 1.165) is 5.92 Å². The molecule has 0 heteroatoms. The Morgan fingerprint density at radius 3 is 2.12 bits per heavy atom. The van der Waals surface area contributed by atoms with E-state index in [2.05, 4.69) is 13.8 Å². The molecule has 0 aromatic rings. The van der Waals surface area contributed by atoms with Crippen LogP contribution in [-0.2, 0) is 0 Å². The topological polar surface area (TPSA) is 0 Å². The number of hydrogen-bond acceptors (Lipinski definition) is 0. The second-order valence-corrected chi connectivity index (χ2v) is 3.02. The molecule has 0 nitrogen and oxygen atoms in total. The Bertz CT molecular complexity index is 58.4. The molecule has 47 valence electrons. The molecule has 1 aliphatic carbocycles. The standard InChI is InChI=1S/C8H15/c1-7(2)8-5-3-4-6-8/h7-8H,1,3-6H2,2H3. The van der Waals surface area contributed by atoms with Crippen molar-refractivity contribution in [2.24, 2.45) is 11.8 Å². The minimum atomic E-state index is 0.692. The molecule has 0 aromatic heterocycles. The number of rotatable bonds is 1. The molecule has 1 unspecified atom stereocenters. The van der Waals surface area contributed by atoms with Crippen molar-refractivity contribution in [1.82, 2.24) is 0 Å². The zero-order valence-electron chi connectivity index (χ0n) is 5.69. The molecule has 1 radical (unpaired) electrons. The molecule has 1 fully saturated rings. The molecule has 0 heterocycles. The van der Waals surface area contributed by atoms with Gasteiger partial charge in [-0.3, -0.25) is 0 Å². The largest absolute Gasteiger partial charge is 0.0622 e. The van der Waals surface area contributed by atoms with Gasteiger partial charge in [0.25, 0.3) is 0 Å². The van der Waals surface area contributed by atoms with Crippen LogP contribution in [0.15, 0.2) is 0 Å². The molecule has 1 atom stereocenters. The Balaban J connectivity index is 2.24.